The summed E-state index contributed by atoms with van der Waals surface area (Å²) in [4.78, 5) is 13.5. The van der Waals surface area contributed by atoms with E-state index in [1.54, 1.807) is 7.05 Å². The van der Waals surface area contributed by atoms with Crippen molar-refractivity contribution in [1.29, 1.82) is 0 Å². The molecule has 9 nitrogen and oxygen atoms in total. The Morgan fingerprint density at radius 3 is 2.72 bits per heavy atom. The minimum absolute atomic E-state index is 0.535. The van der Waals surface area contributed by atoms with Gasteiger partial charge in [-0.15, -0.1) is 10.2 Å². The zero-order valence-electron chi connectivity index (χ0n) is 16.9. The summed E-state index contributed by atoms with van der Waals surface area (Å²) in [6.45, 7) is 5.36. The number of guanidine groups is 1. The zero-order chi connectivity index (χ0) is 20.1. The Morgan fingerprint density at radius 1 is 1.07 bits per heavy atom. The largest absolute Gasteiger partial charge is 0.354 e. The first-order chi connectivity index (χ1) is 14.2. The lowest BCUT2D eigenvalue weighted by molar-refractivity contribution is 0.312. The molecule has 0 unspecified atom stereocenters. The summed E-state index contributed by atoms with van der Waals surface area (Å²) in [5, 5.41) is 15.1. The number of pyridine rings is 2. The molecule has 0 spiro atoms. The molecule has 0 aromatic carbocycles. The molecule has 4 heterocycles. The highest BCUT2D eigenvalue weighted by atomic mass is 15.3. The number of hydrogen-bond donors (Lipinski definition) is 2. The molecule has 1 aliphatic rings. The fourth-order valence-electron chi connectivity index (χ4n) is 3.36. The molecule has 3 aromatic heterocycles. The van der Waals surface area contributed by atoms with E-state index < -0.39 is 0 Å². The molecule has 0 radical (unpaired) electrons. The quantitative estimate of drug-likeness (QED) is 0.488. The van der Waals surface area contributed by atoms with Crippen LogP contribution in [0, 0.1) is 0 Å². The molecule has 2 N–H and O–H groups in total. The Balaban J connectivity index is 1.33. The number of anilines is 1. The molecule has 1 saturated heterocycles. The number of nitrogens with zero attached hydrogens (tertiary/aromatic N) is 7. The van der Waals surface area contributed by atoms with Crippen LogP contribution in [-0.4, -0.2) is 70.7 Å². The molecule has 3 aromatic rings. The summed E-state index contributed by atoms with van der Waals surface area (Å²) in [6.07, 6.45) is 3.84. The van der Waals surface area contributed by atoms with Gasteiger partial charge in [-0.3, -0.25) is 9.39 Å². The molecular formula is C20H27N9. The van der Waals surface area contributed by atoms with Crippen LogP contribution in [0.5, 0.6) is 0 Å². The normalized spacial score (nSPS) is 15.7. The van der Waals surface area contributed by atoms with Gasteiger partial charge in [-0.25, -0.2) is 4.98 Å². The minimum Gasteiger partial charge on any atom is -0.354 e. The lowest BCUT2D eigenvalue weighted by Gasteiger charge is -2.33. The predicted octanol–water partition coefficient (Wildman–Crippen LogP) is 0.741. The Bertz CT molecular complexity index is 973. The predicted molar refractivity (Wildman–Crippen MR) is 114 cm³/mol. The summed E-state index contributed by atoms with van der Waals surface area (Å²) in [5.74, 6) is 2.59. The van der Waals surface area contributed by atoms with Crippen molar-refractivity contribution in [2.24, 2.45) is 4.99 Å². The average Bonchev–Trinajstić information content (AvgIpc) is 3.18. The fraction of sp³-hybridized carbons (Fsp3) is 0.400. The van der Waals surface area contributed by atoms with Gasteiger partial charge in [-0.1, -0.05) is 6.07 Å². The van der Waals surface area contributed by atoms with Crippen molar-refractivity contribution in [2.45, 2.75) is 13.1 Å². The number of likely N-dealkylation sites (N-methyl/N-ethyl adjacent to an activating group) is 1. The Morgan fingerprint density at radius 2 is 1.90 bits per heavy atom. The molecule has 1 fully saturated rings. The Labute approximate surface area is 170 Å². The SMILES string of the molecule is CN=C(NCc1ccnc(N2CCN(C)CC2)c1)NCc1nnc2ccccn12. The average molecular weight is 393 g/mol. The van der Waals surface area contributed by atoms with Crippen LogP contribution in [0.3, 0.4) is 0 Å². The van der Waals surface area contributed by atoms with E-state index >= 15 is 0 Å². The third-order valence-electron chi connectivity index (χ3n) is 5.12. The van der Waals surface area contributed by atoms with E-state index in [2.05, 4.69) is 53.7 Å². The van der Waals surface area contributed by atoms with Crippen LogP contribution in [0.25, 0.3) is 5.65 Å². The number of aliphatic imine (C=N–C) groups is 1. The summed E-state index contributed by atoms with van der Waals surface area (Å²) >= 11 is 0. The summed E-state index contributed by atoms with van der Waals surface area (Å²) in [7, 11) is 3.92. The van der Waals surface area contributed by atoms with E-state index in [9.17, 15) is 0 Å². The van der Waals surface area contributed by atoms with Gasteiger partial charge in [0.1, 0.15) is 5.82 Å². The van der Waals surface area contributed by atoms with E-state index in [1.807, 2.05) is 41.1 Å². The first kappa shape index (κ1) is 19.1. The van der Waals surface area contributed by atoms with E-state index in [0.717, 1.165) is 49.4 Å². The van der Waals surface area contributed by atoms with Crippen molar-refractivity contribution in [3.63, 3.8) is 0 Å². The highest BCUT2D eigenvalue weighted by Gasteiger charge is 2.15. The second kappa shape index (κ2) is 8.87. The second-order valence-electron chi connectivity index (χ2n) is 7.14. The Hall–Kier alpha value is -3.20. The molecule has 0 aliphatic carbocycles. The second-order valence-corrected chi connectivity index (χ2v) is 7.14. The monoisotopic (exact) mass is 393 g/mol. The van der Waals surface area contributed by atoms with Crippen molar-refractivity contribution in [3.05, 3.63) is 54.1 Å². The van der Waals surface area contributed by atoms with Crippen LogP contribution >= 0.6 is 0 Å². The topological polar surface area (TPSA) is 86.0 Å². The summed E-state index contributed by atoms with van der Waals surface area (Å²) < 4.78 is 1.96. The molecule has 9 heteroatoms. The van der Waals surface area contributed by atoms with Crippen LogP contribution in [0.15, 0.2) is 47.7 Å². The first-order valence-corrected chi connectivity index (χ1v) is 9.84. The maximum Gasteiger partial charge on any atom is 0.191 e. The molecule has 4 rings (SSSR count). The zero-order valence-corrected chi connectivity index (χ0v) is 16.9. The van der Waals surface area contributed by atoms with Crippen LogP contribution in [-0.2, 0) is 13.1 Å². The standard InChI is InChI=1S/C20H27N9/c1-21-20(24-15-19-26-25-17-5-3-4-8-29(17)19)23-14-16-6-7-22-18(13-16)28-11-9-27(2)10-12-28/h3-8,13H,9-12,14-15H2,1-2H3,(H2,21,23,24). The number of nitrogens with one attached hydrogen (secondary N) is 2. The van der Waals surface area contributed by atoms with Gasteiger partial charge < -0.3 is 20.4 Å². The molecule has 1 aliphatic heterocycles. The van der Waals surface area contributed by atoms with Gasteiger partial charge in [-0.05, 0) is 36.9 Å². The molecule has 0 amide bonds. The molecule has 0 saturated carbocycles. The van der Waals surface area contributed by atoms with Gasteiger partial charge >= 0.3 is 0 Å². The van der Waals surface area contributed by atoms with E-state index in [4.69, 9.17) is 0 Å². The van der Waals surface area contributed by atoms with Crippen molar-refractivity contribution in [1.82, 2.24) is 35.1 Å². The lowest BCUT2D eigenvalue weighted by atomic mass is 10.2. The first-order valence-electron chi connectivity index (χ1n) is 9.84. The summed E-state index contributed by atoms with van der Waals surface area (Å²) in [5.41, 5.74) is 2.00. The smallest absolute Gasteiger partial charge is 0.191 e. The van der Waals surface area contributed by atoms with Crippen LogP contribution in [0.1, 0.15) is 11.4 Å². The van der Waals surface area contributed by atoms with Gasteiger partial charge in [0.15, 0.2) is 17.4 Å². The van der Waals surface area contributed by atoms with Crippen molar-refractivity contribution in [3.8, 4) is 0 Å². The van der Waals surface area contributed by atoms with Crippen molar-refractivity contribution in [2.75, 3.05) is 45.2 Å². The van der Waals surface area contributed by atoms with Gasteiger partial charge in [0.2, 0.25) is 0 Å². The molecule has 0 atom stereocenters. The van der Waals surface area contributed by atoms with Gasteiger partial charge in [0.05, 0.1) is 6.54 Å². The highest BCUT2D eigenvalue weighted by Crippen LogP contribution is 2.14. The highest BCUT2D eigenvalue weighted by molar-refractivity contribution is 5.79. The molecular weight excluding hydrogens is 366 g/mol. The number of fused-ring (bicyclic) bond motifs is 1. The molecule has 29 heavy (non-hydrogen) atoms. The van der Waals surface area contributed by atoms with Gasteiger partial charge in [0, 0.05) is 52.2 Å². The molecule has 152 valence electrons. The van der Waals surface area contributed by atoms with Gasteiger partial charge in [0.25, 0.3) is 0 Å². The maximum atomic E-state index is 4.55. The van der Waals surface area contributed by atoms with Gasteiger partial charge in [-0.2, -0.15) is 0 Å². The third kappa shape index (κ3) is 4.62. The van der Waals surface area contributed by atoms with E-state index in [0.29, 0.717) is 13.1 Å². The van der Waals surface area contributed by atoms with Crippen LogP contribution in [0.4, 0.5) is 5.82 Å². The fourth-order valence-corrected chi connectivity index (χ4v) is 3.36. The van der Waals surface area contributed by atoms with E-state index in [1.165, 1.54) is 5.56 Å². The molecule has 0 bridgehead atoms. The van der Waals surface area contributed by atoms with Crippen LogP contribution < -0.4 is 15.5 Å². The van der Waals surface area contributed by atoms with E-state index in [-0.39, 0.29) is 0 Å². The maximum absolute atomic E-state index is 4.55. The van der Waals surface area contributed by atoms with Crippen molar-refractivity contribution < 1.29 is 0 Å². The minimum atomic E-state index is 0.535. The number of piperazine rings is 1. The Kier molecular flexibility index (Phi) is 5.85. The third-order valence-corrected chi connectivity index (χ3v) is 5.12. The number of rotatable bonds is 5. The number of aromatic nitrogens is 4. The number of hydrogen-bond acceptors (Lipinski definition) is 6. The van der Waals surface area contributed by atoms with Crippen molar-refractivity contribution >= 4 is 17.4 Å². The lowest BCUT2D eigenvalue weighted by Crippen LogP contribution is -2.44. The van der Waals surface area contributed by atoms with Crippen LogP contribution in [0.2, 0.25) is 0 Å². The summed E-state index contributed by atoms with van der Waals surface area (Å²) in [6, 6.07) is 10.0.